The first-order chi connectivity index (χ1) is 13.7. The molecule has 0 aromatic rings. The zero-order chi connectivity index (χ0) is 21.1. The maximum Gasteiger partial charge on any atom is 0.333 e. The van der Waals surface area contributed by atoms with E-state index in [4.69, 9.17) is 14.2 Å². The summed E-state index contributed by atoms with van der Waals surface area (Å²) in [5.74, 6) is -5.57. The van der Waals surface area contributed by atoms with E-state index in [1.165, 1.54) is 0 Å². The van der Waals surface area contributed by atoms with Crippen LogP contribution in [-0.2, 0) is 33.4 Å². The van der Waals surface area contributed by atoms with Crippen molar-refractivity contribution in [3.63, 3.8) is 0 Å². The molecule has 7 unspecified atom stereocenters. The fourth-order valence-electron chi connectivity index (χ4n) is 5.80. The molecule has 4 rings (SSSR count). The van der Waals surface area contributed by atoms with Crippen LogP contribution < -0.4 is 0 Å². The van der Waals surface area contributed by atoms with E-state index in [0.29, 0.717) is 19.3 Å². The normalized spacial score (nSPS) is 37.1. The fourth-order valence-corrected chi connectivity index (χ4v) is 5.80. The minimum absolute atomic E-state index is 0.219. The van der Waals surface area contributed by atoms with Crippen molar-refractivity contribution in [1.29, 1.82) is 0 Å². The minimum Gasteiger partial charge on any atom is -0.481 e. The molecule has 8 heteroatoms. The van der Waals surface area contributed by atoms with E-state index >= 15 is 0 Å². The number of fused-ring (bicyclic) bond motifs is 1. The molecule has 1 N–H and O–H groups in total. The second kappa shape index (κ2) is 6.85. The van der Waals surface area contributed by atoms with Crippen molar-refractivity contribution >= 4 is 23.9 Å². The van der Waals surface area contributed by atoms with Crippen LogP contribution in [0, 0.1) is 29.6 Å². The van der Waals surface area contributed by atoms with Crippen molar-refractivity contribution in [2.75, 3.05) is 0 Å². The van der Waals surface area contributed by atoms with E-state index in [2.05, 4.69) is 6.58 Å². The van der Waals surface area contributed by atoms with Crippen molar-refractivity contribution < 1.29 is 38.5 Å². The molecule has 4 fully saturated rings. The Bertz CT molecular complexity index is 780. The first kappa shape index (κ1) is 19.9. The number of carboxylic acids is 1. The maximum atomic E-state index is 13.0. The van der Waals surface area contributed by atoms with E-state index in [1.807, 2.05) is 0 Å². The van der Waals surface area contributed by atoms with Crippen molar-refractivity contribution in [3.8, 4) is 0 Å². The molecule has 3 saturated carbocycles. The van der Waals surface area contributed by atoms with Gasteiger partial charge in [-0.15, -0.1) is 0 Å². The Morgan fingerprint density at radius 2 is 1.90 bits per heavy atom. The molecule has 0 amide bonds. The van der Waals surface area contributed by atoms with Crippen LogP contribution in [0.2, 0.25) is 0 Å². The molecule has 29 heavy (non-hydrogen) atoms. The number of ether oxygens (including phenoxy) is 3. The van der Waals surface area contributed by atoms with E-state index in [9.17, 15) is 24.3 Å². The number of rotatable bonds is 6. The largest absolute Gasteiger partial charge is 0.481 e. The Morgan fingerprint density at radius 3 is 2.48 bits per heavy atom. The Hall–Kier alpha value is -2.38. The van der Waals surface area contributed by atoms with E-state index in [0.717, 1.165) is 12.8 Å². The monoisotopic (exact) mass is 406 g/mol. The summed E-state index contributed by atoms with van der Waals surface area (Å²) in [5.41, 5.74) is -0.690. The van der Waals surface area contributed by atoms with Gasteiger partial charge in [0, 0.05) is 17.4 Å². The fraction of sp³-hybridized carbons (Fsp3) is 0.714. The third kappa shape index (κ3) is 2.95. The van der Waals surface area contributed by atoms with Crippen LogP contribution in [0.3, 0.4) is 0 Å². The van der Waals surface area contributed by atoms with E-state index in [1.54, 1.807) is 13.8 Å². The Kier molecular flexibility index (Phi) is 4.70. The van der Waals surface area contributed by atoms with Gasteiger partial charge in [0.05, 0.1) is 17.8 Å². The van der Waals surface area contributed by atoms with Crippen molar-refractivity contribution in [1.82, 2.24) is 0 Å². The Balaban J connectivity index is 1.51. The predicted octanol–water partition coefficient (Wildman–Crippen LogP) is 1.86. The summed E-state index contributed by atoms with van der Waals surface area (Å²) < 4.78 is 16.8. The molecule has 8 nitrogen and oxygen atoms in total. The molecule has 1 heterocycles. The van der Waals surface area contributed by atoms with Crippen molar-refractivity contribution in [2.45, 2.75) is 63.8 Å². The molecule has 1 saturated heterocycles. The van der Waals surface area contributed by atoms with Gasteiger partial charge in [0.2, 0.25) is 0 Å². The van der Waals surface area contributed by atoms with Gasteiger partial charge in [-0.1, -0.05) is 6.58 Å². The van der Waals surface area contributed by atoms with Gasteiger partial charge < -0.3 is 19.3 Å². The van der Waals surface area contributed by atoms with Gasteiger partial charge in [-0.05, 0) is 46.0 Å². The molecule has 0 spiro atoms. The smallest absolute Gasteiger partial charge is 0.333 e. The van der Waals surface area contributed by atoms with Crippen molar-refractivity contribution in [3.05, 3.63) is 12.2 Å². The lowest BCUT2D eigenvalue weighted by atomic mass is 9.78. The summed E-state index contributed by atoms with van der Waals surface area (Å²) >= 11 is 0. The van der Waals surface area contributed by atoms with Gasteiger partial charge in [-0.2, -0.15) is 0 Å². The molecule has 1 aliphatic heterocycles. The van der Waals surface area contributed by atoms with Crippen LogP contribution in [0.15, 0.2) is 12.2 Å². The minimum atomic E-state index is -1.06. The standard InChI is InChI=1S/C21H26O8/c1-9(2)18(24)29-21(6-4-5-7-21)10(3)19(25)27-15-11-8-12-14(13(11)17(22)23)20(26)28-16(12)15/h10-16H,1,4-8H2,2-3H3,(H,22,23). The van der Waals surface area contributed by atoms with Gasteiger partial charge in [-0.25, -0.2) is 4.79 Å². The maximum absolute atomic E-state index is 13.0. The van der Waals surface area contributed by atoms with Crippen LogP contribution in [0.4, 0.5) is 0 Å². The lowest BCUT2D eigenvalue weighted by Crippen LogP contribution is -2.47. The first-order valence-corrected chi connectivity index (χ1v) is 10.2. The van der Waals surface area contributed by atoms with E-state index in [-0.39, 0.29) is 11.5 Å². The van der Waals surface area contributed by atoms with Crippen LogP contribution >= 0.6 is 0 Å². The van der Waals surface area contributed by atoms with Gasteiger partial charge in [0.25, 0.3) is 0 Å². The average Bonchev–Trinajstić information content (AvgIpc) is 3.38. The van der Waals surface area contributed by atoms with Gasteiger partial charge in [0.1, 0.15) is 17.8 Å². The molecule has 7 atom stereocenters. The predicted molar refractivity (Wildman–Crippen MR) is 97.2 cm³/mol. The zero-order valence-corrected chi connectivity index (χ0v) is 16.6. The number of hydrogen-bond acceptors (Lipinski definition) is 7. The lowest BCUT2D eigenvalue weighted by Gasteiger charge is -2.36. The van der Waals surface area contributed by atoms with Gasteiger partial charge in [0.15, 0.2) is 0 Å². The second-order valence-corrected chi connectivity index (χ2v) is 8.92. The molecular formula is C21H26O8. The SMILES string of the molecule is C=C(C)C(=O)OC1(C(C)C(=O)OC2C3CC4C2OC(=O)C4C3C(=O)O)CCCC1. The summed E-state index contributed by atoms with van der Waals surface area (Å²) in [6.45, 7) is 6.83. The van der Waals surface area contributed by atoms with E-state index < -0.39 is 65.4 Å². The molecule has 3 aliphatic carbocycles. The Morgan fingerprint density at radius 1 is 1.24 bits per heavy atom. The topological polar surface area (TPSA) is 116 Å². The summed E-state index contributed by atoms with van der Waals surface area (Å²) in [6.07, 6.45) is 1.92. The summed E-state index contributed by atoms with van der Waals surface area (Å²) in [4.78, 5) is 49.0. The molecule has 158 valence electrons. The number of carbonyl (C=O) groups excluding carboxylic acids is 3. The highest BCUT2D eigenvalue weighted by atomic mass is 16.6. The number of carbonyl (C=O) groups is 4. The second-order valence-electron chi connectivity index (χ2n) is 8.92. The highest BCUT2D eigenvalue weighted by molar-refractivity contribution is 5.88. The molecule has 0 radical (unpaired) electrons. The van der Waals surface area contributed by atoms with Gasteiger partial charge >= 0.3 is 23.9 Å². The first-order valence-electron chi connectivity index (χ1n) is 10.2. The third-order valence-electron chi connectivity index (χ3n) is 7.32. The van der Waals surface area contributed by atoms with Crippen LogP contribution in [0.25, 0.3) is 0 Å². The average molecular weight is 406 g/mol. The molecule has 2 bridgehead atoms. The molecule has 0 aromatic heterocycles. The van der Waals surface area contributed by atoms with Crippen LogP contribution in [0.1, 0.15) is 46.0 Å². The molecule has 4 aliphatic rings. The summed E-state index contributed by atoms with van der Waals surface area (Å²) in [5, 5.41) is 9.58. The van der Waals surface area contributed by atoms with Crippen LogP contribution in [-0.4, -0.2) is 46.8 Å². The Labute approximate surface area is 168 Å². The summed E-state index contributed by atoms with van der Waals surface area (Å²) in [6, 6.07) is 0. The molecular weight excluding hydrogens is 380 g/mol. The molecule has 0 aromatic carbocycles. The third-order valence-corrected chi connectivity index (χ3v) is 7.32. The highest BCUT2D eigenvalue weighted by Gasteiger charge is 2.70. The lowest BCUT2D eigenvalue weighted by molar-refractivity contribution is -0.182. The summed E-state index contributed by atoms with van der Waals surface area (Å²) in [7, 11) is 0. The number of esters is 3. The number of hydrogen-bond donors (Lipinski definition) is 1. The quantitative estimate of drug-likeness (QED) is 0.404. The highest BCUT2D eigenvalue weighted by Crippen LogP contribution is 2.59. The number of carboxylic acid groups (broad SMARTS) is 1. The van der Waals surface area contributed by atoms with Gasteiger partial charge in [-0.3, -0.25) is 14.4 Å². The zero-order valence-electron chi connectivity index (χ0n) is 16.6. The van der Waals surface area contributed by atoms with Crippen LogP contribution in [0.5, 0.6) is 0 Å². The van der Waals surface area contributed by atoms with Crippen molar-refractivity contribution in [2.24, 2.45) is 29.6 Å². The number of aliphatic carboxylic acids is 1.